The molecule has 0 atom stereocenters. The van der Waals surface area contributed by atoms with Crippen LogP contribution in [0.3, 0.4) is 0 Å². The van der Waals surface area contributed by atoms with E-state index in [9.17, 15) is 4.79 Å². The lowest BCUT2D eigenvalue weighted by atomic mass is 10.1. The highest BCUT2D eigenvalue weighted by atomic mass is 16.1. The molecular formula is C14H15N3O. The summed E-state index contributed by atoms with van der Waals surface area (Å²) in [6, 6.07) is 13.0. The number of amides is 1. The van der Waals surface area contributed by atoms with Crippen LogP contribution < -0.4 is 11.1 Å². The van der Waals surface area contributed by atoms with Crippen molar-refractivity contribution in [1.82, 2.24) is 10.3 Å². The average molecular weight is 241 g/mol. The van der Waals surface area contributed by atoms with E-state index >= 15 is 0 Å². The van der Waals surface area contributed by atoms with Crippen LogP contribution in [0.5, 0.6) is 0 Å². The van der Waals surface area contributed by atoms with E-state index in [1.165, 1.54) is 0 Å². The van der Waals surface area contributed by atoms with Crippen molar-refractivity contribution in [2.45, 2.75) is 13.1 Å². The molecular weight excluding hydrogens is 226 g/mol. The van der Waals surface area contributed by atoms with E-state index in [1.807, 2.05) is 24.3 Å². The molecule has 1 aromatic heterocycles. The molecule has 0 aliphatic rings. The van der Waals surface area contributed by atoms with Gasteiger partial charge < -0.3 is 11.1 Å². The van der Waals surface area contributed by atoms with Crippen molar-refractivity contribution < 1.29 is 4.79 Å². The van der Waals surface area contributed by atoms with Gasteiger partial charge in [-0.3, -0.25) is 9.78 Å². The number of aromatic nitrogens is 1. The van der Waals surface area contributed by atoms with Gasteiger partial charge in [-0.25, -0.2) is 0 Å². The largest absolute Gasteiger partial charge is 0.347 e. The van der Waals surface area contributed by atoms with Gasteiger partial charge in [-0.15, -0.1) is 0 Å². The summed E-state index contributed by atoms with van der Waals surface area (Å²) in [5, 5.41) is 2.83. The van der Waals surface area contributed by atoms with Crippen LogP contribution in [0.1, 0.15) is 21.6 Å². The van der Waals surface area contributed by atoms with Crippen LogP contribution in [0.15, 0.2) is 48.7 Å². The van der Waals surface area contributed by atoms with Crippen molar-refractivity contribution in [3.8, 4) is 0 Å². The van der Waals surface area contributed by atoms with Gasteiger partial charge in [0.05, 0.1) is 0 Å². The minimum absolute atomic E-state index is 0.178. The van der Waals surface area contributed by atoms with Crippen molar-refractivity contribution >= 4 is 5.91 Å². The molecule has 0 radical (unpaired) electrons. The maximum absolute atomic E-state index is 11.8. The van der Waals surface area contributed by atoms with E-state index in [0.717, 1.165) is 11.1 Å². The highest BCUT2D eigenvalue weighted by Gasteiger charge is 2.06. The lowest BCUT2D eigenvalue weighted by Gasteiger charge is -2.08. The van der Waals surface area contributed by atoms with E-state index in [2.05, 4.69) is 10.3 Å². The molecule has 3 N–H and O–H groups in total. The number of benzene rings is 1. The zero-order chi connectivity index (χ0) is 12.8. The summed E-state index contributed by atoms with van der Waals surface area (Å²) in [6.07, 6.45) is 1.60. The maximum atomic E-state index is 11.8. The minimum atomic E-state index is -0.178. The lowest BCUT2D eigenvalue weighted by molar-refractivity contribution is 0.0946. The smallest absolute Gasteiger partial charge is 0.270 e. The number of carbonyl (C=O) groups is 1. The Morgan fingerprint density at radius 2 is 1.83 bits per heavy atom. The molecule has 0 fully saturated rings. The van der Waals surface area contributed by atoms with E-state index in [1.54, 1.807) is 24.4 Å². The molecule has 0 saturated heterocycles. The number of hydrogen-bond donors (Lipinski definition) is 2. The molecule has 2 rings (SSSR count). The zero-order valence-corrected chi connectivity index (χ0v) is 9.97. The monoisotopic (exact) mass is 241 g/mol. The first kappa shape index (κ1) is 12.3. The van der Waals surface area contributed by atoms with Crippen LogP contribution in [0, 0.1) is 0 Å². The topological polar surface area (TPSA) is 68.0 Å². The highest BCUT2D eigenvalue weighted by molar-refractivity contribution is 5.92. The Morgan fingerprint density at radius 3 is 2.50 bits per heavy atom. The van der Waals surface area contributed by atoms with Crippen LogP contribution in [-0.2, 0) is 13.1 Å². The summed E-state index contributed by atoms with van der Waals surface area (Å²) >= 11 is 0. The first-order chi connectivity index (χ1) is 8.81. The standard InChI is InChI=1S/C14H15N3O/c15-9-11-5-1-2-6-12(11)10-17-14(18)13-7-3-4-8-16-13/h1-8H,9-10,15H2,(H,17,18). The van der Waals surface area contributed by atoms with Gasteiger partial charge >= 0.3 is 0 Å². The molecule has 0 unspecified atom stereocenters. The van der Waals surface area contributed by atoms with Crippen molar-refractivity contribution in [3.05, 3.63) is 65.5 Å². The Bertz CT molecular complexity index is 526. The van der Waals surface area contributed by atoms with Crippen LogP contribution in [0.4, 0.5) is 0 Å². The number of nitrogens with two attached hydrogens (primary N) is 1. The van der Waals surface area contributed by atoms with E-state index in [4.69, 9.17) is 5.73 Å². The molecule has 0 aliphatic carbocycles. The van der Waals surface area contributed by atoms with E-state index < -0.39 is 0 Å². The van der Waals surface area contributed by atoms with Crippen LogP contribution in [-0.4, -0.2) is 10.9 Å². The molecule has 0 bridgehead atoms. The molecule has 0 saturated carbocycles. The Balaban J connectivity index is 2.02. The minimum Gasteiger partial charge on any atom is -0.347 e. The fraction of sp³-hybridized carbons (Fsp3) is 0.143. The van der Waals surface area contributed by atoms with Gasteiger partial charge in [-0.05, 0) is 23.3 Å². The Kier molecular flexibility index (Phi) is 4.04. The number of nitrogens with one attached hydrogen (secondary N) is 1. The third kappa shape index (κ3) is 2.93. The Morgan fingerprint density at radius 1 is 1.11 bits per heavy atom. The quantitative estimate of drug-likeness (QED) is 0.851. The lowest BCUT2D eigenvalue weighted by Crippen LogP contribution is -2.24. The Labute approximate surface area is 106 Å². The first-order valence-electron chi connectivity index (χ1n) is 5.77. The molecule has 1 amide bonds. The molecule has 4 heteroatoms. The van der Waals surface area contributed by atoms with Crippen LogP contribution >= 0.6 is 0 Å². The zero-order valence-electron chi connectivity index (χ0n) is 9.97. The average Bonchev–Trinajstić information content (AvgIpc) is 2.46. The molecule has 1 heterocycles. The predicted molar refractivity (Wildman–Crippen MR) is 69.7 cm³/mol. The maximum Gasteiger partial charge on any atom is 0.270 e. The number of carbonyl (C=O) groups excluding carboxylic acids is 1. The SMILES string of the molecule is NCc1ccccc1CNC(=O)c1ccccn1. The van der Waals surface area contributed by atoms with Crippen molar-refractivity contribution in [2.24, 2.45) is 5.73 Å². The Hall–Kier alpha value is -2.20. The summed E-state index contributed by atoms with van der Waals surface area (Å²) in [6.45, 7) is 0.929. The second-order valence-electron chi connectivity index (χ2n) is 3.87. The number of nitrogens with zero attached hydrogens (tertiary/aromatic N) is 1. The highest BCUT2D eigenvalue weighted by Crippen LogP contribution is 2.07. The molecule has 2 aromatic rings. The van der Waals surface area contributed by atoms with E-state index in [-0.39, 0.29) is 5.91 Å². The van der Waals surface area contributed by atoms with Gasteiger partial charge in [-0.2, -0.15) is 0 Å². The van der Waals surface area contributed by atoms with Gasteiger partial charge in [0.25, 0.3) is 5.91 Å². The van der Waals surface area contributed by atoms with Gasteiger partial charge in [0.15, 0.2) is 0 Å². The summed E-state index contributed by atoms with van der Waals surface area (Å²) in [4.78, 5) is 15.8. The van der Waals surface area contributed by atoms with Gasteiger partial charge in [0.2, 0.25) is 0 Å². The molecule has 0 aliphatic heterocycles. The fourth-order valence-electron chi connectivity index (χ4n) is 1.69. The van der Waals surface area contributed by atoms with Crippen LogP contribution in [0.25, 0.3) is 0 Å². The summed E-state index contributed by atoms with van der Waals surface area (Å²) < 4.78 is 0. The predicted octanol–water partition coefficient (Wildman–Crippen LogP) is 1.47. The van der Waals surface area contributed by atoms with Crippen LogP contribution in [0.2, 0.25) is 0 Å². The van der Waals surface area contributed by atoms with Gasteiger partial charge in [-0.1, -0.05) is 30.3 Å². The second-order valence-corrected chi connectivity index (χ2v) is 3.87. The molecule has 4 nitrogen and oxygen atoms in total. The number of hydrogen-bond acceptors (Lipinski definition) is 3. The fourth-order valence-corrected chi connectivity index (χ4v) is 1.69. The summed E-state index contributed by atoms with van der Waals surface area (Å²) in [7, 11) is 0. The third-order valence-electron chi connectivity index (χ3n) is 2.68. The second kappa shape index (κ2) is 5.93. The number of pyridine rings is 1. The third-order valence-corrected chi connectivity index (χ3v) is 2.68. The summed E-state index contributed by atoms with van der Waals surface area (Å²) in [5.74, 6) is -0.178. The van der Waals surface area contributed by atoms with Crippen molar-refractivity contribution in [1.29, 1.82) is 0 Å². The van der Waals surface area contributed by atoms with Gasteiger partial charge in [0, 0.05) is 19.3 Å². The first-order valence-corrected chi connectivity index (χ1v) is 5.77. The number of rotatable bonds is 4. The molecule has 0 spiro atoms. The van der Waals surface area contributed by atoms with E-state index in [0.29, 0.717) is 18.8 Å². The van der Waals surface area contributed by atoms with Gasteiger partial charge in [0.1, 0.15) is 5.69 Å². The molecule has 92 valence electrons. The van der Waals surface area contributed by atoms with Crippen molar-refractivity contribution in [2.75, 3.05) is 0 Å². The normalized spacial score (nSPS) is 10.1. The van der Waals surface area contributed by atoms with Crippen molar-refractivity contribution in [3.63, 3.8) is 0 Å². The molecule has 1 aromatic carbocycles. The summed E-state index contributed by atoms with van der Waals surface area (Å²) in [5.41, 5.74) is 8.13. The molecule has 18 heavy (non-hydrogen) atoms.